The first-order chi connectivity index (χ1) is 9.72. The van der Waals surface area contributed by atoms with E-state index in [0.717, 1.165) is 22.4 Å². The van der Waals surface area contributed by atoms with Crippen molar-refractivity contribution in [2.24, 2.45) is 0 Å². The number of hydrogen-bond acceptors (Lipinski definition) is 4. The van der Waals surface area contributed by atoms with E-state index < -0.39 is 0 Å². The molecule has 0 saturated carbocycles. The molecule has 0 aliphatic carbocycles. The molecule has 102 valence electrons. The standard InChI is InChI=1S/C15H17N5/c1-11(2)20-10-13(9-18-20)16-7-12-8-17-14-5-3-4-6-15(14)19-12/h3-6,8-11,16H,7H2,1-2H3. The molecule has 3 rings (SSSR count). The monoisotopic (exact) mass is 267 g/mol. The summed E-state index contributed by atoms with van der Waals surface area (Å²) >= 11 is 0. The maximum atomic E-state index is 4.58. The molecule has 0 spiro atoms. The molecule has 0 saturated heterocycles. The molecule has 1 aromatic carbocycles. The molecule has 0 amide bonds. The second-order valence-corrected chi connectivity index (χ2v) is 5.01. The first-order valence-corrected chi connectivity index (χ1v) is 6.71. The largest absolute Gasteiger partial charge is 0.377 e. The molecule has 2 heterocycles. The summed E-state index contributed by atoms with van der Waals surface area (Å²) < 4.78 is 1.93. The van der Waals surface area contributed by atoms with Crippen molar-refractivity contribution < 1.29 is 0 Å². The Morgan fingerprint density at radius 2 is 1.95 bits per heavy atom. The Balaban J connectivity index is 1.72. The fraction of sp³-hybridized carbons (Fsp3) is 0.267. The van der Waals surface area contributed by atoms with Crippen LogP contribution in [0.4, 0.5) is 5.69 Å². The van der Waals surface area contributed by atoms with Crippen LogP contribution in [0.15, 0.2) is 42.9 Å². The topological polar surface area (TPSA) is 55.6 Å². The highest BCUT2D eigenvalue weighted by atomic mass is 15.3. The molecule has 0 unspecified atom stereocenters. The minimum absolute atomic E-state index is 0.367. The van der Waals surface area contributed by atoms with Crippen LogP contribution in [0.2, 0.25) is 0 Å². The Morgan fingerprint density at radius 3 is 2.70 bits per heavy atom. The van der Waals surface area contributed by atoms with Gasteiger partial charge in [-0.25, -0.2) is 4.98 Å². The smallest absolute Gasteiger partial charge is 0.0890 e. The summed E-state index contributed by atoms with van der Waals surface area (Å²) in [5, 5.41) is 7.61. The maximum Gasteiger partial charge on any atom is 0.0890 e. The molecule has 0 fully saturated rings. The molecule has 0 atom stereocenters. The van der Waals surface area contributed by atoms with Crippen molar-refractivity contribution in [2.75, 3.05) is 5.32 Å². The number of nitrogens with one attached hydrogen (secondary N) is 1. The lowest BCUT2D eigenvalue weighted by molar-refractivity contribution is 0.532. The summed E-state index contributed by atoms with van der Waals surface area (Å²) in [6.45, 7) is 4.85. The number of benzene rings is 1. The van der Waals surface area contributed by atoms with E-state index >= 15 is 0 Å². The predicted molar refractivity (Wildman–Crippen MR) is 79.5 cm³/mol. The van der Waals surface area contributed by atoms with E-state index in [2.05, 4.69) is 34.2 Å². The van der Waals surface area contributed by atoms with Gasteiger partial charge in [-0.15, -0.1) is 0 Å². The lowest BCUT2D eigenvalue weighted by Crippen LogP contribution is -2.03. The van der Waals surface area contributed by atoms with E-state index in [1.54, 1.807) is 0 Å². The predicted octanol–water partition coefficient (Wildman–Crippen LogP) is 3.02. The zero-order valence-corrected chi connectivity index (χ0v) is 11.6. The fourth-order valence-corrected chi connectivity index (χ4v) is 1.99. The van der Waals surface area contributed by atoms with E-state index in [-0.39, 0.29) is 0 Å². The van der Waals surface area contributed by atoms with Gasteiger partial charge in [-0.3, -0.25) is 9.67 Å². The van der Waals surface area contributed by atoms with Crippen LogP contribution >= 0.6 is 0 Å². The Bertz CT molecular complexity index is 717. The maximum absolute atomic E-state index is 4.58. The summed E-state index contributed by atoms with van der Waals surface area (Å²) in [7, 11) is 0. The van der Waals surface area contributed by atoms with Crippen molar-refractivity contribution >= 4 is 16.7 Å². The summed E-state index contributed by atoms with van der Waals surface area (Å²) in [5.74, 6) is 0. The van der Waals surface area contributed by atoms with E-state index in [1.165, 1.54) is 0 Å². The van der Waals surface area contributed by atoms with Crippen LogP contribution in [-0.4, -0.2) is 19.7 Å². The molecule has 5 heteroatoms. The van der Waals surface area contributed by atoms with E-state index in [9.17, 15) is 0 Å². The van der Waals surface area contributed by atoms with Gasteiger partial charge in [0.25, 0.3) is 0 Å². The van der Waals surface area contributed by atoms with Crippen molar-refractivity contribution in [3.63, 3.8) is 0 Å². The van der Waals surface area contributed by atoms with Crippen molar-refractivity contribution in [1.29, 1.82) is 0 Å². The summed E-state index contributed by atoms with van der Waals surface area (Å²) in [6.07, 6.45) is 5.63. The van der Waals surface area contributed by atoms with Gasteiger partial charge in [0.05, 0.1) is 41.4 Å². The quantitative estimate of drug-likeness (QED) is 0.789. The molecule has 0 radical (unpaired) electrons. The number of anilines is 1. The summed E-state index contributed by atoms with van der Waals surface area (Å²) in [4.78, 5) is 8.98. The molecule has 0 aliphatic rings. The Labute approximate surface area is 117 Å². The molecule has 2 aromatic heterocycles. The minimum Gasteiger partial charge on any atom is -0.377 e. The fourth-order valence-electron chi connectivity index (χ4n) is 1.99. The van der Waals surface area contributed by atoms with Crippen LogP contribution in [0.3, 0.4) is 0 Å². The second kappa shape index (κ2) is 5.28. The average molecular weight is 267 g/mol. The number of aromatic nitrogens is 4. The zero-order valence-electron chi connectivity index (χ0n) is 11.6. The number of rotatable bonds is 4. The summed E-state index contributed by atoms with van der Waals surface area (Å²) in [5.41, 5.74) is 3.75. The summed E-state index contributed by atoms with van der Waals surface area (Å²) in [6, 6.07) is 8.25. The van der Waals surface area contributed by atoms with Crippen LogP contribution in [-0.2, 0) is 6.54 Å². The molecular weight excluding hydrogens is 250 g/mol. The molecule has 0 aliphatic heterocycles. The van der Waals surface area contributed by atoms with Crippen molar-refractivity contribution in [3.8, 4) is 0 Å². The normalized spacial score (nSPS) is 11.2. The first kappa shape index (κ1) is 12.6. The van der Waals surface area contributed by atoms with Gasteiger partial charge < -0.3 is 5.32 Å². The molecule has 3 aromatic rings. The van der Waals surface area contributed by atoms with Gasteiger partial charge in [0.1, 0.15) is 0 Å². The van der Waals surface area contributed by atoms with Gasteiger partial charge in [0, 0.05) is 12.2 Å². The third kappa shape index (κ3) is 2.61. The van der Waals surface area contributed by atoms with Gasteiger partial charge in [-0.05, 0) is 26.0 Å². The third-order valence-corrected chi connectivity index (χ3v) is 3.10. The molecular formula is C15H17N5. The van der Waals surface area contributed by atoms with Crippen LogP contribution in [0.25, 0.3) is 11.0 Å². The van der Waals surface area contributed by atoms with Crippen LogP contribution in [0.5, 0.6) is 0 Å². The average Bonchev–Trinajstić information content (AvgIpc) is 2.94. The lowest BCUT2D eigenvalue weighted by Gasteiger charge is -2.05. The van der Waals surface area contributed by atoms with Gasteiger partial charge in [-0.2, -0.15) is 5.10 Å². The second-order valence-electron chi connectivity index (χ2n) is 5.01. The highest BCUT2D eigenvalue weighted by Gasteiger charge is 2.03. The van der Waals surface area contributed by atoms with Crippen LogP contribution in [0, 0.1) is 0 Å². The number of fused-ring (bicyclic) bond motifs is 1. The van der Waals surface area contributed by atoms with Crippen molar-refractivity contribution in [2.45, 2.75) is 26.4 Å². The van der Waals surface area contributed by atoms with Crippen LogP contribution < -0.4 is 5.32 Å². The number of hydrogen-bond donors (Lipinski definition) is 1. The van der Waals surface area contributed by atoms with Crippen molar-refractivity contribution in [1.82, 2.24) is 19.7 Å². The van der Waals surface area contributed by atoms with Gasteiger partial charge in [-0.1, -0.05) is 12.1 Å². The van der Waals surface area contributed by atoms with E-state index in [1.807, 2.05) is 47.5 Å². The highest BCUT2D eigenvalue weighted by molar-refractivity contribution is 5.73. The van der Waals surface area contributed by atoms with Gasteiger partial charge in [0.2, 0.25) is 0 Å². The van der Waals surface area contributed by atoms with Gasteiger partial charge >= 0.3 is 0 Å². The Morgan fingerprint density at radius 1 is 1.15 bits per heavy atom. The minimum atomic E-state index is 0.367. The molecule has 1 N–H and O–H groups in total. The van der Waals surface area contributed by atoms with Crippen LogP contribution in [0.1, 0.15) is 25.6 Å². The van der Waals surface area contributed by atoms with E-state index in [0.29, 0.717) is 12.6 Å². The SMILES string of the molecule is CC(C)n1cc(NCc2cnc3ccccc3n2)cn1. The van der Waals surface area contributed by atoms with Crippen molar-refractivity contribution in [3.05, 3.63) is 48.5 Å². The number of nitrogens with zero attached hydrogens (tertiary/aromatic N) is 4. The lowest BCUT2D eigenvalue weighted by atomic mass is 10.3. The Kier molecular flexibility index (Phi) is 3.33. The zero-order chi connectivity index (χ0) is 13.9. The first-order valence-electron chi connectivity index (χ1n) is 6.71. The van der Waals surface area contributed by atoms with Gasteiger partial charge in [0.15, 0.2) is 0 Å². The molecule has 20 heavy (non-hydrogen) atoms. The molecule has 5 nitrogen and oxygen atoms in total. The Hall–Kier alpha value is -2.43. The highest BCUT2D eigenvalue weighted by Crippen LogP contribution is 2.12. The van der Waals surface area contributed by atoms with E-state index in [4.69, 9.17) is 0 Å². The third-order valence-electron chi connectivity index (χ3n) is 3.10. The number of para-hydroxylation sites is 2. The molecule has 0 bridgehead atoms.